The predicted octanol–water partition coefficient (Wildman–Crippen LogP) is 0.353. The largest absolute Gasteiger partial charge is 0.480 e. The van der Waals surface area contributed by atoms with Gasteiger partial charge in [0.15, 0.2) is 5.69 Å². The van der Waals surface area contributed by atoms with E-state index >= 15 is 0 Å². The molecule has 0 saturated carbocycles. The van der Waals surface area contributed by atoms with Gasteiger partial charge >= 0.3 is 5.97 Å². The van der Waals surface area contributed by atoms with Crippen molar-refractivity contribution in [3.63, 3.8) is 0 Å². The molecule has 1 amide bonds. The van der Waals surface area contributed by atoms with Gasteiger partial charge in [0.05, 0.1) is 5.69 Å². The molecule has 1 aromatic rings. The highest BCUT2D eigenvalue weighted by Crippen LogP contribution is 2.21. The van der Waals surface area contributed by atoms with E-state index in [-0.39, 0.29) is 11.4 Å². The van der Waals surface area contributed by atoms with Gasteiger partial charge in [-0.05, 0) is 25.0 Å². The highest BCUT2D eigenvalue weighted by molar-refractivity contribution is 5.99. The number of likely N-dealkylation sites (tertiary alicyclic amines) is 1. The summed E-state index contributed by atoms with van der Waals surface area (Å²) < 4.78 is 0. The van der Waals surface area contributed by atoms with Gasteiger partial charge in [-0.15, -0.1) is 0 Å². The van der Waals surface area contributed by atoms with E-state index in [1.165, 1.54) is 11.1 Å². The molecule has 2 rings (SSSR count). The Kier molecular flexibility index (Phi) is 2.95. The van der Waals surface area contributed by atoms with E-state index in [1.807, 2.05) is 0 Å². The lowest BCUT2D eigenvalue weighted by molar-refractivity contribution is -0.141. The van der Waals surface area contributed by atoms with Crippen LogP contribution in [0.5, 0.6) is 0 Å². The molecule has 1 saturated heterocycles. The van der Waals surface area contributed by atoms with Crippen LogP contribution in [0.3, 0.4) is 0 Å². The lowest BCUT2D eigenvalue weighted by Crippen LogP contribution is -2.41. The van der Waals surface area contributed by atoms with Crippen molar-refractivity contribution in [3.05, 3.63) is 24.0 Å². The highest BCUT2D eigenvalue weighted by Gasteiger charge is 2.35. The first-order chi connectivity index (χ1) is 8.11. The minimum absolute atomic E-state index is 0.126. The number of pyridine rings is 1. The zero-order chi connectivity index (χ0) is 12.4. The van der Waals surface area contributed by atoms with Crippen LogP contribution in [0.2, 0.25) is 0 Å². The molecule has 0 aromatic carbocycles. The summed E-state index contributed by atoms with van der Waals surface area (Å²) in [6, 6.07) is 2.44. The number of carbonyl (C=O) groups excluding carboxylic acids is 1. The van der Waals surface area contributed by atoms with E-state index in [0.717, 1.165) is 0 Å². The van der Waals surface area contributed by atoms with Crippen molar-refractivity contribution in [3.8, 4) is 0 Å². The van der Waals surface area contributed by atoms with Crippen LogP contribution in [-0.4, -0.2) is 39.5 Å². The summed E-state index contributed by atoms with van der Waals surface area (Å²) in [6.07, 6.45) is 2.64. The fourth-order valence-electron chi connectivity index (χ4n) is 2.00. The number of hydrogen-bond donors (Lipinski definition) is 2. The molecular weight excluding hydrogens is 222 g/mol. The summed E-state index contributed by atoms with van der Waals surface area (Å²) in [6.45, 7) is 0.436. The molecule has 3 N–H and O–H groups in total. The second kappa shape index (κ2) is 4.40. The number of rotatable bonds is 2. The van der Waals surface area contributed by atoms with Crippen LogP contribution >= 0.6 is 0 Å². The monoisotopic (exact) mass is 235 g/mol. The molecule has 1 aromatic heterocycles. The zero-order valence-corrected chi connectivity index (χ0v) is 9.17. The SMILES string of the molecule is Nc1cccnc1C(=O)N1CCC[C@@H]1C(=O)O. The van der Waals surface area contributed by atoms with Crippen molar-refractivity contribution in [1.29, 1.82) is 0 Å². The Hall–Kier alpha value is -2.11. The van der Waals surface area contributed by atoms with Gasteiger partial charge in [0.25, 0.3) is 5.91 Å². The summed E-state index contributed by atoms with van der Waals surface area (Å²) >= 11 is 0. The van der Waals surface area contributed by atoms with Gasteiger partial charge in [-0.25, -0.2) is 9.78 Å². The number of carboxylic acids is 1. The molecule has 17 heavy (non-hydrogen) atoms. The van der Waals surface area contributed by atoms with Crippen LogP contribution in [0.15, 0.2) is 18.3 Å². The lowest BCUT2D eigenvalue weighted by Gasteiger charge is -2.21. The van der Waals surface area contributed by atoms with E-state index in [4.69, 9.17) is 10.8 Å². The number of nitrogens with zero attached hydrogens (tertiary/aromatic N) is 2. The molecule has 2 heterocycles. The van der Waals surface area contributed by atoms with Crippen molar-refractivity contribution in [2.45, 2.75) is 18.9 Å². The second-order valence-corrected chi connectivity index (χ2v) is 3.94. The fourth-order valence-corrected chi connectivity index (χ4v) is 2.00. The minimum Gasteiger partial charge on any atom is -0.480 e. The summed E-state index contributed by atoms with van der Waals surface area (Å²) in [4.78, 5) is 28.3. The lowest BCUT2D eigenvalue weighted by atomic mass is 10.2. The number of aliphatic carboxylic acids is 1. The Bertz CT molecular complexity index is 461. The molecule has 1 aliphatic heterocycles. The van der Waals surface area contributed by atoms with Crippen molar-refractivity contribution in [1.82, 2.24) is 9.88 Å². The Morgan fingerprint density at radius 3 is 2.94 bits per heavy atom. The van der Waals surface area contributed by atoms with Gasteiger partial charge in [0.1, 0.15) is 6.04 Å². The van der Waals surface area contributed by atoms with Gasteiger partial charge in [0, 0.05) is 12.7 Å². The molecule has 1 atom stereocenters. The van der Waals surface area contributed by atoms with E-state index in [1.54, 1.807) is 12.1 Å². The predicted molar refractivity (Wildman–Crippen MR) is 60.3 cm³/mol. The number of hydrogen-bond acceptors (Lipinski definition) is 4. The third-order valence-electron chi connectivity index (χ3n) is 2.84. The molecule has 1 fully saturated rings. The van der Waals surface area contributed by atoms with Gasteiger partial charge in [-0.1, -0.05) is 0 Å². The molecule has 6 heteroatoms. The van der Waals surface area contributed by atoms with Crippen LogP contribution in [0, 0.1) is 0 Å². The smallest absolute Gasteiger partial charge is 0.326 e. The van der Waals surface area contributed by atoms with Gasteiger partial charge in [-0.3, -0.25) is 4.79 Å². The topological polar surface area (TPSA) is 96.5 Å². The highest BCUT2D eigenvalue weighted by atomic mass is 16.4. The summed E-state index contributed by atoms with van der Waals surface area (Å²) in [5.74, 6) is -1.39. The third kappa shape index (κ3) is 2.06. The van der Waals surface area contributed by atoms with Crippen LogP contribution in [0.1, 0.15) is 23.3 Å². The molecular formula is C11H13N3O3. The normalized spacial score (nSPS) is 19.3. The molecule has 6 nitrogen and oxygen atoms in total. The molecule has 90 valence electrons. The van der Waals surface area contributed by atoms with Gasteiger partial charge in [0.2, 0.25) is 0 Å². The first-order valence-corrected chi connectivity index (χ1v) is 5.35. The van der Waals surface area contributed by atoms with Crippen LogP contribution in [0.25, 0.3) is 0 Å². The molecule has 0 bridgehead atoms. The molecule has 0 unspecified atom stereocenters. The maximum atomic E-state index is 12.1. The summed E-state index contributed by atoms with van der Waals surface area (Å²) in [5.41, 5.74) is 6.05. The Balaban J connectivity index is 2.26. The van der Waals surface area contributed by atoms with Gasteiger partial charge in [-0.2, -0.15) is 0 Å². The summed E-state index contributed by atoms with van der Waals surface area (Å²) in [5, 5.41) is 9.00. The fraction of sp³-hybridized carbons (Fsp3) is 0.364. The molecule has 1 aliphatic rings. The van der Waals surface area contributed by atoms with Gasteiger partial charge < -0.3 is 15.7 Å². The standard InChI is InChI=1S/C11H13N3O3/c12-7-3-1-5-13-9(7)10(15)14-6-2-4-8(14)11(16)17/h1,3,5,8H,2,4,6,12H2,(H,16,17)/t8-/m1/s1. The number of anilines is 1. The minimum atomic E-state index is -0.981. The number of nitrogens with two attached hydrogens (primary N) is 1. The quantitative estimate of drug-likeness (QED) is 0.771. The Morgan fingerprint density at radius 1 is 1.53 bits per heavy atom. The number of carboxylic acid groups (broad SMARTS) is 1. The Labute approximate surface area is 98.1 Å². The zero-order valence-electron chi connectivity index (χ0n) is 9.17. The first-order valence-electron chi connectivity index (χ1n) is 5.35. The molecule has 0 radical (unpaired) electrons. The van der Waals surface area contributed by atoms with E-state index in [2.05, 4.69) is 4.98 Å². The van der Waals surface area contributed by atoms with Crippen LogP contribution < -0.4 is 5.73 Å². The molecule has 0 aliphatic carbocycles. The maximum Gasteiger partial charge on any atom is 0.326 e. The second-order valence-electron chi connectivity index (χ2n) is 3.94. The van der Waals surface area contributed by atoms with E-state index in [0.29, 0.717) is 19.4 Å². The van der Waals surface area contributed by atoms with Crippen molar-refractivity contribution >= 4 is 17.6 Å². The molecule has 0 spiro atoms. The van der Waals surface area contributed by atoms with Crippen molar-refractivity contribution in [2.75, 3.05) is 12.3 Å². The average Bonchev–Trinajstić information content (AvgIpc) is 2.77. The Morgan fingerprint density at radius 2 is 2.29 bits per heavy atom. The van der Waals surface area contributed by atoms with Crippen LogP contribution in [-0.2, 0) is 4.79 Å². The van der Waals surface area contributed by atoms with E-state index < -0.39 is 17.9 Å². The third-order valence-corrected chi connectivity index (χ3v) is 2.84. The number of carbonyl (C=O) groups is 2. The number of nitrogen functional groups attached to an aromatic ring is 1. The van der Waals surface area contributed by atoms with E-state index in [9.17, 15) is 9.59 Å². The van der Waals surface area contributed by atoms with Crippen molar-refractivity contribution < 1.29 is 14.7 Å². The summed E-state index contributed by atoms with van der Waals surface area (Å²) in [7, 11) is 0. The average molecular weight is 235 g/mol. The van der Waals surface area contributed by atoms with Crippen molar-refractivity contribution in [2.24, 2.45) is 0 Å². The maximum absolute atomic E-state index is 12.1. The first kappa shape index (κ1) is 11.4. The van der Waals surface area contributed by atoms with Crippen LogP contribution in [0.4, 0.5) is 5.69 Å². The number of amides is 1. The number of aromatic nitrogens is 1.